The summed E-state index contributed by atoms with van der Waals surface area (Å²) < 4.78 is 5.80. The van der Waals surface area contributed by atoms with Crippen LogP contribution in [-0.2, 0) is 11.3 Å². The molecule has 0 N–H and O–H groups in total. The highest BCUT2D eigenvalue weighted by Crippen LogP contribution is 2.34. The Balaban J connectivity index is 1.85. The highest BCUT2D eigenvalue weighted by Gasteiger charge is 2.36. The molecule has 1 aliphatic heterocycles. The molecule has 2 aromatic rings. The van der Waals surface area contributed by atoms with Gasteiger partial charge in [-0.05, 0) is 39.8 Å². The second kappa shape index (κ2) is 6.62. The molecule has 1 aromatic heterocycles. The van der Waals surface area contributed by atoms with Crippen LogP contribution in [0.5, 0.6) is 0 Å². The van der Waals surface area contributed by atoms with Gasteiger partial charge in [-0.25, -0.2) is 0 Å². The molecule has 9 heteroatoms. The number of furan rings is 1. The second-order valence-electron chi connectivity index (χ2n) is 4.80. The molecule has 0 saturated carbocycles. The third kappa shape index (κ3) is 3.26. The van der Waals surface area contributed by atoms with Crippen LogP contribution in [0.15, 0.2) is 50.4 Å². The number of nitro benzene ring substituents is 1. The molecule has 0 atom stereocenters. The fourth-order valence-electron chi connectivity index (χ4n) is 2.16. The summed E-state index contributed by atoms with van der Waals surface area (Å²) in [4.78, 5) is 36.2. The minimum atomic E-state index is -0.537. The van der Waals surface area contributed by atoms with Crippen molar-refractivity contribution in [1.29, 1.82) is 0 Å². The van der Waals surface area contributed by atoms with Crippen LogP contribution >= 0.6 is 27.7 Å². The number of amides is 2. The molecule has 1 aliphatic rings. The van der Waals surface area contributed by atoms with Gasteiger partial charge in [-0.2, -0.15) is 0 Å². The van der Waals surface area contributed by atoms with Crippen molar-refractivity contribution in [2.45, 2.75) is 6.54 Å². The van der Waals surface area contributed by atoms with Gasteiger partial charge in [-0.3, -0.25) is 24.6 Å². The van der Waals surface area contributed by atoms with Gasteiger partial charge in [0, 0.05) is 17.7 Å². The van der Waals surface area contributed by atoms with E-state index < -0.39 is 16.1 Å². The number of hydrogen-bond acceptors (Lipinski definition) is 6. The minimum absolute atomic E-state index is 0.129. The van der Waals surface area contributed by atoms with Crippen molar-refractivity contribution in [2.75, 3.05) is 0 Å². The maximum absolute atomic E-state index is 12.4. The summed E-state index contributed by atoms with van der Waals surface area (Å²) >= 11 is 3.93. The molecule has 1 saturated heterocycles. The molecule has 0 bridgehead atoms. The normalized spacial score (nSPS) is 16.2. The number of benzene rings is 1. The molecule has 3 rings (SSSR count). The van der Waals surface area contributed by atoms with Gasteiger partial charge in [0.25, 0.3) is 16.8 Å². The Morgan fingerprint density at radius 2 is 2.00 bits per heavy atom. The van der Waals surface area contributed by atoms with Crippen LogP contribution in [0, 0.1) is 10.1 Å². The van der Waals surface area contributed by atoms with Crippen molar-refractivity contribution in [3.8, 4) is 0 Å². The zero-order valence-electron chi connectivity index (χ0n) is 12.0. The van der Waals surface area contributed by atoms with Crippen LogP contribution < -0.4 is 0 Å². The van der Waals surface area contributed by atoms with Crippen LogP contribution in [0.1, 0.15) is 11.3 Å². The van der Waals surface area contributed by atoms with Crippen molar-refractivity contribution >= 4 is 50.6 Å². The van der Waals surface area contributed by atoms with E-state index in [1.807, 2.05) is 0 Å². The molecule has 0 spiro atoms. The minimum Gasteiger partial charge on any atom is -0.450 e. The standard InChI is InChI=1S/C15H9BrN2O5S/c16-13-6-5-10(23-13)7-12-14(19)17(15(20)24-12)8-9-3-1-2-4-11(9)18(21)22/h1-7H,8H2/b12-7-. The van der Waals surface area contributed by atoms with Crippen LogP contribution in [0.2, 0.25) is 0 Å². The number of halogens is 1. The first-order valence-corrected chi connectivity index (χ1v) is 8.29. The van der Waals surface area contributed by atoms with E-state index in [2.05, 4.69) is 15.9 Å². The van der Waals surface area contributed by atoms with E-state index >= 15 is 0 Å². The molecule has 2 amide bonds. The van der Waals surface area contributed by atoms with Gasteiger partial charge in [0.05, 0.1) is 16.4 Å². The molecule has 24 heavy (non-hydrogen) atoms. The van der Waals surface area contributed by atoms with Crippen molar-refractivity contribution in [2.24, 2.45) is 0 Å². The van der Waals surface area contributed by atoms with Crippen LogP contribution in [-0.4, -0.2) is 21.0 Å². The summed E-state index contributed by atoms with van der Waals surface area (Å²) in [6.07, 6.45) is 1.47. The number of nitrogens with zero attached hydrogens (tertiary/aromatic N) is 2. The average molecular weight is 409 g/mol. The highest BCUT2D eigenvalue weighted by atomic mass is 79.9. The van der Waals surface area contributed by atoms with Gasteiger partial charge < -0.3 is 4.42 Å². The monoisotopic (exact) mass is 408 g/mol. The second-order valence-corrected chi connectivity index (χ2v) is 6.57. The lowest BCUT2D eigenvalue weighted by Gasteiger charge is -2.12. The first kappa shape index (κ1) is 16.5. The van der Waals surface area contributed by atoms with Crippen molar-refractivity contribution < 1.29 is 18.9 Å². The molecular formula is C15H9BrN2O5S. The van der Waals surface area contributed by atoms with E-state index in [0.717, 1.165) is 16.7 Å². The van der Waals surface area contributed by atoms with Crippen molar-refractivity contribution in [3.63, 3.8) is 0 Å². The number of hydrogen-bond donors (Lipinski definition) is 0. The van der Waals surface area contributed by atoms with Crippen LogP contribution in [0.4, 0.5) is 10.5 Å². The number of para-hydroxylation sites is 1. The molecule has 0 radical (unpaired) electrons. The molecule has 0 unspecified atom stereocenters. The summed E-state index contributed by atoms with van der Waals surface area (Å²) in [5, 5.41) is 10.6. The Morgan fingerprint density at radius 1 is 1.25 bits per heavy atom. The van der Waals surface area contributed by atoms with E-state index in [-0.39, 0.29) is 17.1 Å². The smallest absolute Gasteiger partial charge is 0.293 e. The topological polar surface area (TPSA) is 93.7 Å². The molecule has 1 fully saturated rings. The number of thioether (sulfide) groups is 1. The number of nitro groups is 1. The van der Waals surface area contributed by atoms with Crippen molar-refractivity contribution in [1.82, 2.24) is 4.90 Å². The van der Waals surface area contributed by atoms with Crippen molar-refractivity contribution in [3.05, 3.63) is 67.4 Å². The summed E-state index contributed by atoms with van der Waals surface area (Å²) in [5.74, 6) is -0.0752. The number of imide groups is 1. The first-order chi connectivity index (χ1) is 11.5. The summed E-state index contributed by atoms with van der Waals surface area (Å²) in [6.45, 7) is -0.152. The van der Waals surface area contributed by atoms with E-state index in [0.29, 0.717) is 16.0 Å². The maximum atomic E-state index is 12.4. The zero-order valence-corrected chi connectivity index (χ0v) is 14.4. The maximum Gasteiger partial charge on any atom is 0.293 e. The molecule has 122 valence electrons. The highest BCUT2D eigenvalue weighted by molar-refractivity contribution is 9.10. The molecule has 1 aromatic carbocycles. The van der Waals surface area contributed by atoms with Gasteiger partial charge in [0.1, 0.15) is 5.76 Å². The summed E-state index contributed by atoms with van der Waals surface area (Å²) in [5.41, 5.74) is 0.169. The quantitative estimate of drug-likeness (QED) is 0.427. The van der Waals surface area contributed by atoms with Gasteiger partial charge in [-0.15, -0.1) is 0 Å². The lowest BCUT2D eigenvalue weighted by Crippen LogP contribution is -2.27. The van der Waals surface area contributed by atoms with Gasteiger partial charge >= 0.3 is 0 Å². The molecule has 2 heterocycles. The van der Waals surface area contributed by atoms with E-state index in [1.54, 1.807) is 18.2 Å². The van der Waals surface area contributed by atoms with Gasteiger partial charge in [0.2, 0.25) is 0 Å². The Bertz CT molecular complexity index is 876. The molecule has 0 aliphatic carbocycles. The Kier molecular flexibility index (Phi) is 4.54. The fourth-order valence-corrected chi connectivity index (χ4v) is 3.30. The third-order valence-electron chi connectivity index (χ3n) is 3.26. The number of carbonyl (C=O) groups excluding carboxylic acids is 2. The number of rotatable bonds is 4. The Hall–Kier alpha value is -2.39. The SMILES string of the molecule is O=C1S/C(=C\c2ccc(Br)o2)C(=O)N1Cc1ccccc1[N+](=O)[O-]. The van der Waals surface area contributed by atoms with E-state index in [1.165, 1.54) is 24.3 Å². The van der Waals surface area contributed by atoms with Crippen LogP contribution in [0.25, 0.3) is 6.08 Å². The Labute approximate surface area is 148 Å². The fraction of sp³-hybridized carbons (Fsp3) is 0.0667. The zero-order chi connectivity index (χ0) is 17.3. The van der Waals surface area contributed by atoms with E-state index in [9.17, 15) is 19.7 Å². The van der Waals surface area contributed by atoms with E-state index in [4.69, 9.17) is 4.42 Å². The molecular weight excluding hydrogens is 400 g/mol. The van der Waals surface area contributed by atoms with Gasteiger partial charge in [0.15, 0.2) is 4.67 Å². The van der Waals surface area contributed by atoms with Crippen LogP contribution in [0.3, 0.4) is 0 Å². The third-order valence-corrected chi connectivity index (χ3v) is 4.59. The summed E-state index contributed by atoms with van der Waals surface area (Å²) in [6, 6.07) is 9.34. The average Bonchev–Trinajstić information content (AvgIpc) is 3.06. The molecule has 7 nitrogen and oxygen atoms in total. The Morgan fingerprint density at radius 3 is 2.67 bits per heavy atom. The lowest BCUT2D eigenvalue weighted by molar-refractivity contribution is -0.385. The summed E-state index contributed by atoms with van der Waals surface area (Å²) in [7, 11) is 0. The lowest BCUT2D eigenvalue weighted by atomic mass is 10.1. The predicted molar refractivity (Wildman–Crippen MR) is 91.0 cm³/mol. The largest absolute Gasteiger partial charge is 0.450 e. The predicted octanol–water partition coefficient (Wildman–Crippen LogP) is 4.19. The number of carbonyl (C=O) groups is 2. The first-order valence-electron chi connectivity index (χ1n) is 6.68. The van der Waals surface area contributed by atoms with Gasteiger partial charge in [-0.1, -0.05) is 18.2 Å².